The van der Waals surface area contributed by atoms with E-state index in [0.29, 0.717) is 6.42 Å². The van der Waals surface area contributed by atoms with Crippen LogP contribution in [0.15, 0.2) is 0 Å². The van der Waals surface area contributed by atoms with E-state index in [9.17, 15) is 9.90 Å². The fourth-order valence-corrected chi connectivity index (χ4v) is 1.19. The van der Waals surface area contributed by atoms with Crippen LogP contribution in [0.1, 0.15) is 47.0 Å². The third-order valence-corrected chi connectivity index (χ3v) is 2.39. The molecule has 0 saturated carbocycles. The van der Waals surface area contributed by atoms with E-state index in [-0.39, 0.29) is 24.0 Å². The van der Waals surface area contributed by atoms with Gasteiger partial charge in [-0.15, -0.1) is 0 Å². The summed E-state index contributed by atoms with van der Waals surface area (Å²) in [5.74, 6) is 0.0861. The summed E-state index contributed by atoms with van der Waals surface area (Å²) in [4.78, 5) is 11.4. The first kappa shape index (κ1) is 13.4. The van der Waals surface area contributed by atoms with E-state index in [2.05, 4.69) is 5.32 Å². The van der Waals surface area contributed by atoms with Crippen LogP contribution in [0, 0.1) is 5.92 Å². The number of carbonyl (C=O) groups is 1. The fraction of sp³-hybridized carbons (Fsp3) is 0.909. The van der Waals surface area contributed by atoms with Crippen LogP contribution < -0.4 is 5.32 Å². The molecule has 2 atom stereocenters. The first-order valence-electron chi connectivity index (χ1n) is 5.49. The molecule has 0 spiro atoms. The number of aliphatic hydroxyl groups excluding tert-OH is 1. The van der Waals surface area contributed by atoms with Gasteiger partial charge in [-0.2, -0.15) is 0 Å². The maximum Gasteiger partial charge on any atom is 0.222 e. The van der Waals surface area contributed by atoms with Gasteiger partial charge in [-0.1, -0.05) is 27.7 Å². The van der Waals surface area contributed by atoms with E-state index in [1.807, 2.05) is 27.7 Å². The molecule has 0 aliphatic rings. The first-order chi connectivity index (χ1) is 6.51. The molecule has 0 aromatic heterocycles. The third kappa shape index (κ3) is 5.22. The second-order valence-corrected chi connectivity index (χ2v) is 4.07. The molecule has 0 heterocycles. The lowest BCUT2D eigenvalue weighted by Crippen LogP contribution is -2.39. The van der Waals surface area contributed by atoms with Crippen molar-refractivity contribution in [3.05, 3.63) is 0 Å². The summed E-state index contributed by atoms with van der Waals surface area (Å²) in [5, 5.41) is 12.4. The van der Waals surface area contributed by atoms with E-state index < -0.39 is 0 Å². The van der Waals surface area contributed by atoms with Crippen molar-refractivity contribution < 1.29 is 9.90 Å². The van der Waals surface area contributed by atoms with Gasteiger partial charge in [0.05, 0.1) is 6.10 Å². The van der Waals surface area contributed by atoms with Gasteiger partial charge in [-0.05, 0) is 19.3 Å². The molecule has 0 aromatic carbocycles. The minimum absolute atomic E-state index is 0.0165. The fourth-order valence-electron chi connectivity index (χ4n) is 1.19. The molecule has 0 radical (unpaired) electrons. The largest absolute Gasteiger partial charge is 0.393 e. The van der Waals surface area contributed by atoms with Gasteiger partial charge >= 0.3 is 0 Å². The van der Waals surface area contributed by atoms with Gasteiger partial charge in [0.2, 0.25) is 5.91 Å². The smallest absolute Gasteiger partial charge is 0.222 e. The summed E-state index contributed by atoms with van der Waals surface area (Å²) < 4.78 is 0. The molecular formula is C11H23NO2. The Balaban J connectivity index is 3.96. The number of hydrogen-bond acceptors (Lipinski definition) is 2. The Hall–Kier alpha value is -0.570. The highest BCUT2D eigenvalue weighted by atomic mass is 16.3. The topological polar surface area (TPSA) is 49.3 Å². The average molecular weight is 201 g/mol. The standard InChI is InChI=1S/C11H23NO2/c1-5-9(7-10(13)6-2)12-11(14)8(3)4/h8-10,13H,5-7H2,1-4H3,(H,12,14). The van der Waals surface area contributed by atoms with Crippen molar-refractivity contribution >= 4 is 5.91 Å². The van der Waals surface area contributed by atoms with E-state index in [4.69, 9.17) is 0 Å². The molecule has 0 fully saturated rings. The zero-order chi connectivity index (χ0) is 11.1. The molecular weight excluding hydrogens is 178 g/mol. The van der Waals surface area contributed by atoms with Crippen LogP contribution in [-0.2, 0) is 4.79 Å². The molecule has 84 valence electrons. The second kappa shape index (κ2) is 6.82. The van der Waals surface area contributed by atoms with Gasteiger partial charge < -0.3 is 10.4 Å². The lowest BCUT2D eigenvalue weighted by molar-refractivity contribution is -0.124. The average Bonchev–Trinajstić information content (AvgIpc) is 2.16. The van der Waals surface area contributed by atoms with Crippen molar-refractivity contribution in [1.82, 2.24) is 5.32 Å². The second-order valence-electron chi connectivity index (χ2n) is 4.07. The molecule has 2 N–H and O–H groups in total. The number of amides is 1. The quantitative estimate of drug-likeness (QED) is 0.687. The first-order valence-corrected chi connectivity index (χ1v) is 5.49. The van der Waals surface area contributed by atoms with Gasteiger partial charge in [-0.25, -0.2) is 0 Å². The zero-order valence-electron chi connectivity index (χ0n) is 9.71. The van der Waals surface area contributed by atoms with E-state index in [1.54, 1.807) is 0 Å². The molecule has 3 nitrogen and oxygen atoms in total. The summed E-state index contributed by atoms with van der Waals surface area (Å²) in [6, 6.07) is 0.111. The summed E-state index contributed by atoms with van der Waals surface area (Å²) in [6.45, 7) is 7.71. The number of nitrogens with one attached hydrogen (secondary N) is 1. The SMILES string of the molecule is CCC(O)CC(CC)NC(=O)C(C)C. The van der Waals surface area contributed by atoms with Gasteiger partial charge in [-0.3, -0.25) is 4.79 Å². The van der Waals surface area contributed by atoms with Gasteiger partial charge in [0, 0.05) is 12.0 Å². The summed E-state index contributed by atoms with van der Waals surface area (Å²) in [5.41, 5.74) is 0. The minimum atomic E-state index is -0.299. The highest BCUT2D eigenvalue weighted by Gasteiger charge is 2.15. The summed E-state index contributed by atoms with van der Waals surface area (Å²) in [6.07, 6.45) is 1.97. The van der Waals surface area contributed by atoms with Crippen molar-refractivity contribution in [1.29, 1.82) is 0 Å². The lowest BCUT2D eigenvalue weighted by Gasteiger charge is -2.20. The van der Waals surface area contributed by atoms with Gasteiger partial charge in [0.1, 0.15) is 0 Å². The number of hydrogen-bond donors (Lipinski definition) is 2. The van der Waals surface area contributed by atoms with E-state index in [1.165, 1.54) is 0 Å². The normalized spacial score (nSPS) is 15.3. The molecule has 0 aliphatic carbocycles. The van der Waals surface area contributed by atoms with Crippen LogP contribution in [-0.4, -0.2) is 23.2 Å². The van der Waals surface area contributed by atoms with Gasteiger partial charge in [0.15, 0.2) is 0 Å². The van der Waals surface area contributed by atoms with Crippen molar-refractivity contribution in [2.24, 2.45) is 5.92 Å². The lowest BCUT2D eigenvalue weighted by atomic mass is 10.0. The Labute approximate surface area is 86.9 Å². The van der Waals surface area contributed by atoms with Crippen molar-refractivity contribution in [3.8, 4) is 0 Å². The Bertz CT molecular complexity index is 169. The summed E-state index contributed by atoms with van der Waals surface area (Å²) >= 11 is 0. The Morgan fingerprint density at radius 2 is 1.86 bits per heavy atom. The minimum Gasteiger partial charge on any atom is -0.393 e. The molecule has 1 amide bonds. The highest BCUT2D eigenvalue weighted by molar-refractivity contribution is 5.78. The molecule has 2 unspecified atom stereocenters. The molecule has 0 saturated heterocycles. The van der Waals surface area contributed by atoms with Crippen molar-refractivity contribution in [2.75, 3.05) is 0 Å². The zero-order valence-corrected chi connectivity index (χ0v) is 9.71. The Kier molecular flexibility index (Phi) is 6.54. The van der Waals surface area contributed by atoms with Crippen LogP contribution in [0.5, 0.6) is 0 Å². The summed E-state index contributed by atoms with van der Waals surface area (Å²) in [7, 11) is 0. The van der Waals surface area contributed by atoms with Crippen LogP contribution in [0.25, 0.3) is 0 Å². The van der Waals surface area contributed by atoms with E-state index >= 15 is 0 Å². The molecule has 3 heteroatoms. The van der Waals surface area contributed by atoms with Crippen molar-refractivity contribution in [3.63, 3.8) is 0 Å². The third-order valence-electron chi connectivity index (χ3n) is 2.39. The number of aliphatic hydroxyl groups is 1. The maximum absolute atomic E-state index is 11.4. The molecule has 0 aromatic rings. The highest BCUT2D eigenvalue weighted by Crippen LogP contribution is 2.06. The van der Waals surface area contributed by atoms with Crippen LogP contribution in [0.4, 0.5) is 0 Å². The molecule has 0 bridgehead atoms. The van der Waals surface area contributed by atoms with Crippen LogP contribution in [0.2, 0.25) is 0 Å². The predicted molar refractivity (Wildman–Crippen MR) is 58.0 cm³/mol. The Morgan fingerprint density at radius 1 is 1.29 bits per heavy atom. The predicted octanol–water partition coefficient (Wildman–Crippen LogP) is 1.70. The monoisotopic (exact) mass is 201 g/mol. The maximum atomic E-state index is 11.4. The van der Waals surface area contributed by atoms with Gasteiger partial charge in [0.25, 0.3) is 0 Å². The number of rotatable bonds is 6. The molecule has 0 rings (SSSR count). The molecule has 14 heavy (non-hydrogen) atoms. The molecule has 0 aliphatic heterocycles. The Morgan fingerprint density at radius 3 is 2.21 bits per heavy atom. The van der Waals surface area contributed by atoms with E-state index in [0.717, 1.165) is 12.8 Å². The van der Waals surface area contributed by atoms with Crippen LogP contribution >= 0.6 is 0 Å². The number of carbonyl (C=O) groups excluding carboxylic acids is 1. The van der Waals surface area contributed by atoms with Crippen LogP contribution in [0.3, 0.4) is 0 Å². The van der Waals surface area contributed by atoms with Crippen molar-refractivity contribution in [2.45, 2.75) is 59.1 Å².